The van der Waals surface area contributed by atoms with Gasteiger partial charge in [0.05, 0.1) is 11.4 Å². The number of aromatic nitrogens is 2. The van der Waals surface area contributed by atoms with Gasteiger partial charge in [-0.15, -0.1) is 0 Å². The van der Waals surface area contributed by atoms with Crippen LogP contribution in [0, 0.1) is 0 Å². The fourth-order valence-corrected chi connectivity index (χ4v) is 6.75. The fraction of sp³-hybridized carbons (Fsp3) is 0.0455. The van der Waals surface area contributed by atoms with Crippen LogP contribution < -0.4 is 0 Å². The molecule has 3 nitrogen and oxygen atoms in total. The zero-order valence-corrected chi connectivity index (χ0v) is 25.7. The van der Waals surface area contributed by atoms with E-state index in [-0.39, 0.29) is 0 Å². The van der Waals surface area contributed by atoms with Crippen LogP contribution in [-0.2, 0) is 0 Å². The molecule has 0 unspecified atom stereocenters. The Kier molecular flexibility index (Phi) is 6.60. The van der Waals surface area contributed by atoms with E-state index in [0.717, 1.165) is 85.2 Å². The second kappa shape index (κ2) is 11.4. The molecular formula is C44H30N2O. The van der Waals surface area contributed by atoms with Gasteiger partial charge in [-0.1, -0.05) is 133 Å². The molecule has 0 aliphatic heterocycles. The SMILES string of the molecule is C1=CCCC(c2nc(-c3ccccc3)cc(-c3ccc(-c4ccc(-c5ccccc5)cc4)c4c3oc3cc5ccccc5cc34)n2)=C1. The van der Waals surface area contributed by atoms with Crippen LogP contribution in [-0.4, -0.2) is 9.97 Å². The van der Waals surface area contributed by atoms with Crippen LogP contribution in [0.25, 0.3) is 83.1 Å². The average Bonchev–Trinajstić information content (AvgIpc) is 3.53. The summed E-state index contributed by atoms with van der Waals surface area (Å²) in [7, 11) is 0. The quantitative estimate of drug-likeness (QED) is 0.197. The van der Waals surface area contributed by atoms with Crippen LogP contribution in [0.3, 0.4) is 0 Å². The second-order valence-corrected chi connectivity index (χ2v) is 12.1. The first-order valence-corrected chi connectivity index (χ1v) is 16.1. The monoisotopic (exact) mass is 602 g/mol. The number of furan rings is 1. The van der Waals surface area contributed by atoms with E-state index in [4.69, 9.17) is 14.4 Å². The third kappa shape index (κ3) is 4.93. The van der Waals surface area contributed by atoms with Gasteiger partial charge in [-0.05, 0) is 75.7 Å². The number of allylic oxidation sites excluding steroid dienone is 4. The van der Waals surface area contributed by atoms with Gasteiger partial charge in [0, 0.05) is 21.9 Å². The topological polar surface area (TPSA) is 38.9 Å². The van der Waals surface area contributed by atoms with E-state index in [0.29, 0.717) is 0 Å². The predicted molar refractivity (Wildman–Crippen MR) is 195 cm³/mol. The summed E-state index contributed by atoms with van der Waals surface area (Å²) >= 11 is 0. The average molecular weight is 603 g/mol. The Hall–Kier alpha value is -6.06. The molecule has 8 aromatic rings. The highest BCUT2D eigenvalue weighted by Gasteiger charge is 2.21. The molecule has 222 valence electrons. The summed E-state index contributed by atoms with van der Waals surface area (Å²) in [5.41, 5.74) is 11.3. The van der Waals surface area contributed by atoms with E-state index in [1.165, 1.54) is 16.5 Å². The minimum absolute atomic E-state index is 0.765. The zero-order valence-electron chi connectivity index (χ0n) is 25.7. The molecule has 9 rings (SSSR count). The standard InChI is InChI=1S/C44H30N2O/c1-4-12-29(13-5-1)30-20-22-31(23-21-30)36-24-25-37(43-42(36)38-26-34-18-10-11-19-35(34)27-41(38)47-43)40-28-39(32-14-6-2-7-15-32)45-44(46-40)33-16-8-3-9-17-33/h1-8,10-16,18-28H,9,17H2. The van der Waals surface area contributed by atoms with Crippen molar-refractivity contribution < 1.29 is 4.42 Å². The third-order valence-electron chi connectivity index (χ3n) is 9.16. The minimum Gasteiger partial charge on any atom is -0.455 e. The molecule has 1 aliphatic carbocycles. The van der Waals surface area contributed by atoms with E-state index < -0.39 is 0 Å². The Labute approximate surface area is 273 Å². The van der Waals surface area contributed by atoms with Gasteiger partial charge in [0.25, 0.3) is 0 Å². The lowest BCUT2D eigenvalue weighted by Gasteiger charge is -2.13. The first-order valence-electron chi connectivity index (χ1n) is 16.1. The Balaban J connectivity index is 1.29. The number of rotatable bonds is 5. The van der Waals surface area contributed by atoms with Crippen molar-refractivity contribution in [1.82, 2.24) is 9.97 Å². The van der Waals surface area contributed by atoms with Gasteiger partial charge in [-0.3, -0.25) is 0 Å². The van der Waals surface area contributed by atoms with E-state index in [9.17, 15) is 0 Å². The van der Waals surface area contributed by atoms with Gasteiger partial charge in [-0.25, -0.2) is 9.97 Å². The zero-order chi connectivity index (χ0) is 31.2. The molecule has 0 spiro atoms. The number of fused-ring (bicyclic) bond motifs is 4. The van der Waals surface area contributed by atoms with Gasteiger partial charge in [0.1, 0.15) is 11.2 Å². The Bertz CT molecular complexity index is 2490. The van der Waals surface area contributed by atoms with Gasteiger partial charge >= 0.3 is 0 Å². The van der Waals surface area contributed by atoms with Crippen LogP contribution in [0.15, 0.2) is 162 Å². The molecule has 0 bridgehead atoms. The molecular weight excluding hydrogens is 572 g/mol. The maximum absolute atomic E-state index is 6.85. The molecule has 0 radical (unpaired) electrons. The summed E-state index contributed by atoms with van der Waals surface area (Å²) in [5.74, 6) is 0.765. The van der Waals surface area contributed by atoms with Crippen molar-refractivity contribution in [3.8, 4) is 44.8 Å². The molecule has 47 heavy (non-hydrogen) atoms. The minimum atomic E-state index is 0.765. The van der Waals surface area contributed by atoms with E-state index >= 15 is 0 Å². The highest BCUT2D eigenvalue weighted by molar-refractivity contribution is 6.18. The van der Waals surface area contributed by atoms with E-state index in [1.54, 1.807) is 0 Å². The maximum atomic E-state index is 6.85. The lowest BCUT2D eigenvalue weighted by atomic mass is 9.94. The molecule has 3 heteroatoms. The first-order chi connectivity index (χ1) is 23.3. The smallest absolute Gasteiger partial charge is 0.156 e. The molecule has 2 aromatic heterocycles. The molecule has 0 N–H and O–H groups in total. The van der Waals surface area contributed by atoms with Crippen LogP contribution in [0.4, 0.5) is 0 Å². The summed E-state index contributed by atoms with van der Waals surface area (Å²) in [6.07, 6.45) is 8.34. The summed E-state index contributed by atoms with van der Waals surface area (Å²) in [4.78, 5) is 10.3. The van der Waals surface area contributed by atoms with Crippen LogP contribution in [0.5, 0.6) is 0 Å². The van der Waals surface area contributed by atoms with Crippen molar-refractivity contribution >= 4 is 38.3 Å². The maximum Gasteiger partial charge on any atom is 0.156 e. The summed E-state index contributed by atoms with van der Waals surface area (Å²) in [6.45, 7) is 0. The lowest BCUT2D eigenvalue weighted by Crippen LogP contribution is -2.00. The van der Waals surface area contributed by atoms with Crippen LogP contribution in [0.1, 0.15) is 18.7 Å². The highest BCUT2D eigenvalue weighted by Crippen LogP contribution is 2.43. The van der Waals surface area contributed by atoms with Crippen molar-refractivity contribution in [3.63, 3.8) is 0 Å². The fourth-order valence-electron chi connectivity index (χ4n) is 6.75. The number of benzene rings is 6. The van der Waals surface area contributed by atoms with Gasteiger partial charge in [-0.2, -0.15) is 0 Å². The summed E-state index contributed by atoms with van der Waals surface area (Å²) in [5, 5.41) is 4.53. The van der Waals surface area contributed by atoms with Crippen LogP contribution in [0.2, 0.25) is 0 Å². The molecule has 0 amide bonds. The first kappa shape index (κ1) is 27.3. The number of nitrogens with zero attached hydrogens (tertiary/aromatic N) is 2. The third-order valence-corrected chi connectivity index (χ3v) is 9.16. The van der Waals surface area contributed by atoms with Gasteiger partial charge in [0.2, 0.25) is 0 Å². The molecule has 2 heterocycles. The van der Waals surface area contributed by atoms with Crippen molar-refractivity contribution in [1.29, 1.82) is 0 Å². The highest BCUT2D eigenvalue weighted by atomic mass is 16.3. The molecule has 1 aliphatic rings. The number of hydrogen-bond acceptors (Lipinski definition) is 3. The molecule has 0 saturated carbocycles. The lowest BCUT2D eigenvalue weighted by molar-refractivity contribution is 0.670. The molecule has 6 aromatic carbocycles. The Morgan fingerprint density at radius 2 is 1.17 bits per heavy atom. The summed E-state index contributed by atoms with van der Waals surface area (Å²) in [6, 6.07) is 49.1. The predicted octanol–water partition coefficient (Wildman–Crippen LogP) is 11.9. The molecule has 0 fully saturated rings. The molecule has 0 atom stereocenters. The van der Waals surface area contributed by atoms with Crippen molar-refractivity contribution in [3.05, 3.63) is 164 Å². The van der Waals surface area contributed by atoms with Gasteiger partial charge < -0.3 is 4.42 Å². The van der Waals surface area contributed by atoms with Crippen molar-refractivity contribution in [2.45, 2.75) is 12.8 Å². The number of hydrogen-bond donors (Lipinski definition) is 0. The van der Waals surface area contributed by atoms with Crippen molar-refractivity contribution in [2.75, 3.05) is 0 Å². The molecule has 0 saturated heterocycles. The van der Waals surface area contributed by atoms with E-state index in [1.807, 2.05) is 6.07 Å². The van der Waals surface area contributed by atoms with Gasteiger partial charge in [0.15, 0.2) is 5.82 Å². The largest absolute Gasteiger partial charge is 0.455 e. The summed E-state index contributed by atoms with van der Waals surface area (Å²) < 4.78 is 6.85. The van der Waals surface area contributed by atoms with E-state index in [2.05, 4.69) is 152 Å². The van der Waals surface area contributed by atoms with Crippen molar-refractivity contribution in [2.24, 2.45) is 0 Å². The van der Waals surface area contributed by atoms with Crippen LogP contribution >= 0.6 is 0 Å². The normalized spacial score (nSPS) is 13.0. The Morgan fingerprint density at radius 3 is 1.91 bits per heavy atom. The second-order valence-electron chi connectivity index (χ2n) is 12.1. The Morgan fingerprint density at radius 1 is 0.532 bits per heavy atom.